The van der Waals surface area contributed by atoms with Crippen molar-refractivity contribution in [2.24, 2.45) is 0 Å². The molecule has 0 aliphatic carbocycles. The van der Waals surface area contributed by atoms with Crippen molar-refractivity contribution >= 4 is 56.4 Å². The monoisotopic (exact) mass is 490 g/mol. The Morgan fingerprint density at radius 2 is 0.840 bits per heavy atom. The fraction of sp³-hybridized carbons (Fsp3) is 1.00. The Bertz CT molecular complexity index is 333. The van der Waals surface area contributed by atoms with E-state index in [-0.39, 0.29) is 21.6 Å². The lowest BCUT2D eigenvalue weighted by molar-refractivity contribution is -0.374. The van der Waals surface area contributed by atoms with E-state index in [0.29, 0.717) is 0 Å². The summed E-state index contributed by atoms with van der Waals surface area (Å²) in [5, 5.41) is -3.50. The maximum Gasteiger partial charge on any atom is 0.412 e. The summed E-state index contributed by atoms with van der Waals surface area (Å²) < 4.78 is 120. The van der Waals surface area contributed by atoms with Gasteiger partial charge in [0.25, 0.3) is 0 Å². The minimum Gasteiger partial charge on any atom is -0.308 e. The molecular formula is C8H6Cl3F9O3S2. The zero-order chi connectivity index (χ0) is 20.2. The van der Waals surface area contributed by atoms with E-state index in [4.69, 9.17) is 34.8 Å². The molecule has 0 bridgehead atoms. The predicted octanol–water partition coefficient (Wildman–Crippen LogP) is 6.04. The number of hydrogen-bond donors (Lipinski definition) is 0. The molecular weight excluding hydrogens is 486 g/mol. The number of ether oxygens (including phenoxy) is 3. The van der Waals surface area contributed by atoms with Gasteiger partial charge < -0.3 is 14.2 Å². The Kier molecular flexibility index (Phi) is 9.65. The van der Waals surface area contributed by atoms with Crippen molar-refractivity contribution in [2.75, 3.05) is 19.8 Å². The van der Waals surface area contributed by atoms with Crippen LogP contribution in [0.25, 0.3) is 0 Å². The third-order valence-electron chi connectivity index (χ3n) is 1.48. The van der Waals surface area contributed by atoms with Gasteiger partial charge in [-0.2, -0.15) is 39.5 Å². The molecule has 0 fully saturated rings. The zero-order valence-electron chi connectivity index (χ0n) is 11.2. The van der Waals surface area contributed by atoms with E-state index in [1.54, 1.807) is 0 Å². The second kappa shape index (κ2) is 9.34. The molecule has 25 heavy (non-hydrogen) atoms. The summed E-state index contributed by atoms with van der Waals surface area (Å²) in [7, 11) is -0.420. The van der Waals surface area contributed by atoms with Gasteiger partial charge in [-0.15, -0.1) is 0 Å². The largest absolute Gasteiger partial charge is 0.412 e. The van der Waals surface area contributed by atoms with Crippen LogP contribution in [0.4, 0.5) is 39.5 Å². The fourth-order valence-electron chi connectivity index (χ4n) is 0.806. The van der Waals surface area contributed by atoms with Crippen molar-refractivity contribution in [3.63, 3.8) is 0 Å². The fourth-order valence-corrected chi connectivity index (χ4v) is 3.20. The molecule has 0 aliphatic rings. The van der Waals surface area contributed by atoms with Crippen molar-refractivity contribution in [1.82, 2.24) is 0 Å². The number of alkyl halides is 12. The highest BCUT2D eigenvalue weighted by Crippen LogP contribution is 2.52. The van der Waals surface area contributed by atoms with Gasteiger partial charge in [-0.1, -0.05) is 34.8 Å². The maximum atomic E-state index is 12.2. The van der Waals surface area contributed by atoms with Gasteiger partial charge in [0, 0.05) is 10.8 Å². The molecule has 0 aromatic carbocycles. The first-order chi connectivity index (χ1) is 10.8. The molecule has 0 aromatic heterocycles. The van der Waals surface area contributed by atoms with E-state index in [9.17, 15) is 39.5 Å². The minimum atomic E-state index is -5.13. The van der Waals surface area contributed by atoms with Gasteiger partial charge in [0.05, 0.1) is 0 Å². The highest BCUT2D eigenvalue weighted by molar-refractivity contribution is 8.78. The Balaban J connectivity index is 5.41. The van der Waals surface area contributed by atoms with Crippen molar-refractivity contribution < 1.29 is 53.7 Å². The molecule has 0 amide bonds. The first-order valence-corrected chi connectivity index (χ1v) is 8.67. The lowest BCUT2D eigenvalue weighted by Crippen LogP contribution is -2.43. The molecule has 0 rings (SSSR count). The third kappa shape index (κ3) is 15.6. The topological polar surface area (TPSA) is 27.7 Å². The van der Waals surface area contributed by atoms with Crippen LogP contribution in [0.15, 0.2) is 0 Å². The summed E-state index contributed by atoms with van der Waals surface area (Å²) in [5.41, 5.74) is 0. The summed E-state index contributed by atoms with van der Waals surface area (Å²) in [5.74, 6) is 0. The van der Waals surface area contributed by atoms with Gasteiger partial charge in [-0.25, -0.2) is 0 Å². The quantitative estimate of drug-likeness (QED) is 0.179. The van der Waals surface area contributed by atoms with Gasteiger partial charge in [0.1, 0.15) is 19.8 Å². The Morgan fingerprint density at radius 3 is 1.04 bits per heavy atom. The van der Waals surface area contributed by atoms with E-state index in [1.807, 2.05) is 0 Å². The highest BCUT2D eigenvalue weighted by atomic mass is 35.6. The summed E-state index contributed by atoms with van der Waals surface area (Å²) in [6.45, 7) is -6.89. The van der Waals surface area contributed by atoms with Crippen molar-refractivity contribution in [3.05, 3.63) is 0 Å². The van der Waals surface area contributed by atoms with Gasteiger partial charge in [-0.3, -0.25) is 0 Å². The molecule has 3 nitrogen and oxygen atoms in total. The SMILES string of the molecule is FC(F)(F)COC(OCC(F)(F)F)(OCC(F)(F)F)SSC(Cl)(Cl)Cl. The van der Waals surface area contributed by atoms with E-state index in [1.165, 1.54) is 0 Å². The Labute approximate surface area is 157 Å². The molecule has 0 aromatic rings. The Hall–Kier alpha value is 0.820. The average Bonchev–Trinajstić information content (AvgIpc) is 2.33. The lowest BCUT2D eigenvalue weighted by atomic mass is 10.7. The van der Waals surface area contributed by atoms with E-state index < -0.39 is 46.8 Å². The van der Waals surface area contributed by atoms with E-state index in [0.717, 1.165) is 0 Å². The second-order valence-corrected chi connectivity index (χ2v) is 9.22. The normalized spacial score (nSPS) is 14.9. The molecule has 0 heterocycles. The van der Waals surface area contributed by atoms with Crippen LogP contribution in [0.1, 0.15) is 0 Å². The zero-order valence-corrected chi connectivity index (χ0v) is 15.1. The van der Waals surface area contributed by atoms with Crippen LogP contribution in [-0.4, -0.2) is 46.8 Å². The van der Waals surface area contributed by atoms with E-state index >= 15 is 0 Å². The van der Waals surface area contributed by atoms with Crippen LogP contribution in [0, 0.1) is 0 Å². The van der Waals surface area contributed by atoms with Crippen molar-refractivity contribution in [1.29, 1.82) is 0 Å². The molecule has 0 radical (unpaired) electrons. The summed E-state index contributed by atoms with van der Waals surface area (Å²) in [4.78, 5) is 0. The molecule has 152 valence electrons. The average molecular weight is 492 g/mol. The molecule has 0 unspecified atom stereocenters. The first kappa shape index (κ1) is 25.8. The summed E-state index contributed by atoms with van der Waals surface area (Å²) in [6, 6.07) is 0. The number of rotatable bonds is 8. The molecule has 17 heteroatoms. The first-order valence-electron chi connectivity index (χ1n) is 5.38. The van der Waals surface area contributed by atoms with Gasteiger partial charge >= 0.3 is 23.8 Å². The molecule has 0 N–H and O–H groups in total. The van der Waals surface area contributed by atoms with Crippen LogP contribution in [0.5, 0.6) is 0 Å². The molecule has 0 spiro atoms. The molecule has 0 saturated heterocycles. The number of halogens is 12. The maximum absolute atomic E-state index is 12.2. The lowest BCUT2D eigenvalue weighted by Gasteiger charge is -2.33. The van der Waals surface area contributed by atoms with Crippen molar-refractivity contribution in [2.45, 2.75) is 27.0 Å². The third-order valence-corrected chi connectivity index (χ3v) is 5.44. The minimum absolute atomic E-state index is 0.0718. The smallest absolute Gasteiger partial charge is 0.308 e. The molecule has 0 saturated carbocycles. The second-order valence-electron chi connectivity index (χ2n) is 3.82. The van der Waals surface area contributed by atoms with Crippen LogP contribution in [0.2, 0.25) is 0 Å². The summed E-state index contributed by atoms with van der Waals surface area (Å²) >= 11 is 15.7. The van der Waals surface area contributed by atoms with Crippen LogP contribution in [0.3, 0.4) is 0 Å². The van der Waals surface area contributed by atoms with Crippen molar-refractivity contribution in [3.8, 4) is 0 Å². The van der Waals surface area contributed by atoms with E-state index in [2.05, 4.69) is 14.2 Å². The molecule has 0 atom stereocenters. The predicted molar refractivity (Wildman–Crippen MR) is 74.2 cm³/mol. The van der Waals surface area contributed by atoms with Gasteiger partial charge in [0.2, 0.25) is 3.12 Å². The van der Waals surface area contributed by atoms with Crippen LogP contribution >= 0.6 is 56.4 Å². The van der Waals surface area contributed by atoms with Gasteiger partial charge in [-0.05, 0) is 10.8 Å². The van der Waals surface area contributed by atoms with Crippen LogP contribution < -0.4 is 0 Å². The van der Waals surface area contributed by atoms with Gasteiger partial charge in [0.15, 0.2) is 0 Å². The highest BCUT2D eigenvalue weighted by Gasteiger charge is 2.47. The van der Waals surface area contributed by atoms with Crippen LogP contribution in [-0.2, 0) is 14.2 Å². The summed E-state index contributed by atoms with van der Waals surface area (Å²) in [6.07, 6.45) is -15.4. The Morgan fingerprint density at radius 1 is 0.560 bits per heavy atom. The number of hydrogen-bond acceptors (Lipinski definition) is 5. The molecule has 0 aliphatic heterocycles. The standard InChI is InChI=1S/C8H6Cl3F9O3S2/c9-7(10,11)24-25-8(21-1-4(12,13)14,22-2-5(15,16)17)23-3-6(18,19)20/h1-3H2.